The van der Waals surface area contributed by atoms with E-state index in [4.69, 9.17) is 69.6 Å². The first-order valence-corrected chi connectivity index (χ1v) is 35.5. The third-order valence-corrected chi connectivity index (χ3v) is 19.0. The van der Waals surface area contributed by atoms with Crippen LogP contribution in [0.25, 0.3) is 0 Å². The predicted molar refractivity (Wildman–Crippen MR) is 389 cm³/mol. The number of Topliss-reactive ketones (excluding diaryl/α,β-unsaturated/α-hetero) is 1. The number of piperidine rings is 4. The van der Waals surface area contributed by atoms with Crippen molar-refractivity contribution in [2.45, 2.75) is 172 Å². The Morgan fingerprint density at radius 2 is 1.11 bits per heavy atom. The molecule has 6 aromatic rings. The number of ether oxygens (including phenoxy) is 5. The molecule has 0 radical (unpaired) electrons. The summed E-state index contributed by atoms with van der Waals surface area (Å²) in [6, 6.07) is 39.6. The summed E-state index contributed by atoms with van der Waals surface area (Å²) in [7, 11) is 5.00. The average molecular weight is 1340 g/mol. The van der Waals surface area contributed by atoms with Crippen LogP contribution >= 0.6 is 0 Å². The Morgan fingerprint density at radius 3 is 1.69 bits per heavy atom. The molecule has 1 aromatic heterocycles. The minimum atomic E-state index is -0.0556. The largest absolute Gasteiger partial charge is 0.497 e. The molecule has 97 heavy (non-hydrogen) atoms. The molecule has 4 bridgehead atoms. The van der Waals surface area contributed by atoms with Gasteiger partial charge in [-0.25, -0.2) is 4.68 Å². The first kappa shape index (κ1) is 76.3. The molecule has 5 fully saturated rings. The molecule has 17 N–H and O–H groups in total. The molecule has 0 spiro atoms. The van der Waals surface area contributed by atoms with Gasteiger partial charge in [-0.1, -0.05) is 85.8 Å². The average Bonchev–Trinajstić information content (AvgIpc) is 1.56. The Kier molecular flexibility index (Phi) is 31.0. The third kappa shape index (κ3) is 26.0. The summed E-state index contributed by atoms with van der Waals surface area (Å²) < 4.78 is 28.8. The predicted octanol–water partition coefficient (Wildman–Crippen LogP) is 5.78. The molecular formula is C76H117N15O6. The van der Waals surface area contributed by atoms with Gasteiger partial charge in [-0.05, 0) is 177 Å². The lowest BCUT2D eigenvalue weighted by atomic mass is 9.92. The minimum absolute atomic E-state index is 0.0413. The molecular weight excluding hydrogens is 1220 g/mol. The van der Waals surface area contributed by atoms with Gasteiger partial charge in [0.05, 0.1) is 46.8 Å². The van der Waals surface area contributed by atoms with E-state index in [1.165, 1.54) is 52.9 Å². The molecule has 5 aromatic carbocycles. The molecule has 21 heteroatoms. The van der Waals surface area contributed by atoms with Gasteiger partial charge in [0.1, 0.15) is 23.7 Å². The van der Waals surface area contributed by atoms with Crippen molar-refractivity contribution in [1.29, 1.82) is 0 Å². The number of methoxy groups -OCH3 is 3. The number of carbonyl (C=O) groups excluding carboxylic acids is 1. The van der Waals surface area contributed by atoms with Crippen molar-refractivity contribution in [2.75, 3.05) is 93.4 Å². The van der Waals surface area contributed by atoms with Crippen molar-refractivity contribution in [3.8, 4) is 23.0 Å². The van der Waals surface area contributed by atoms with Crippen LogP contribution in [0, 0.1) is 11.8 Å². The van der Waals surface area contributed by atoms with Gasteiger partial charge in [-0.2, -0.15) is 0 Å². The van der Waals surface area contributed by atoms with E-state index >= 15 is 0 Å². The molecule has 9 aliphatic rings. The van der Waals surface area contributed by atoms with Gasteiger partial charge in [0.2, 0.25) is 0 Å². The molecule has 11 atom stereocenters. The van der Waals surface area contributed by atoms with Gasteiger partial charge < -0.3 is 84.7 Å². The minimum Gasteiger partial charge on any atom is -0.497 e. The Labute approximate surface area is 578 Å². The smallest absolute Gasteiger partial charge is 0.184 e. The molecule has 15 rings (SSSR count). The van der Waals surface area contributed by atoms with Crippen molar-refractivity contribution >= 4 is 5.78 Å². The molecule has 21 nitrogen and oxygen atoms in total. The first-order valence-electron chi connectivity index (χ1n) is 35.5. The van der Waals surface area contributed by atoms with Crippen LogP contribution in [-0.4, -0.2) is 183 Å². The number of aromatic nitrogens is 3. The van der Waals surface area contributed by atoms with E-state index in [2.05, 4.69) is 129 Å². The van der Waals surface area contributed by atoms with Crippen LogP contribution in [0.15, 0.2) is 115 Å². The lowest BCUT2D eigenvalue weighted by Gasteiger charge is -2.34. The van der Waals surface area contributed by atoms with Crippen molar-refractivity contribution in [2.24, 2.45) is 57.7 Å². The van der Waals surface area contributed by atoms with Crippen LogP contribution in [0.4, 0.5) is 0 Å². The van der Waals surface area contributed by atoms with E-state index in [9.17, 15) is 4.79 Å². The second-order valence-corrected chi connectivity index (χ2v) is 28.1. The number of nitrogens with one attached hydrogen (secondary N) is 1. The summed E-state index contributed by atoms with van der Waals surface area (Å²) in [6.07, 6.45) is 13.2. The molecule has 4 aliphatic heterocycles. The van der Waals surface area contributed by atoms with E-state index < -0.39 is 0 Å². The highest BCUT2D eigenvalue weighted by molar-refractivity contribution is 5.97. The highest BCUT2D eigenvalue weighted by Crippen LogP contribution is 2.29. The monoisotopic (exact) mass is 1340 g/mol. The number of nitrogens with zero attached hydrogens (tertiary/aromatic N) is 6. The van der Waals surface area contributed by atoms with Gasteiger partial charge in [0.15, 0.2) is 17.3 Å². The molecule has 532 valence electrons. The first-order chi connectivity index (χ1) is 46.8. The van der Waals surface area contributed by atoms with Crippen LogP contribution in [0.1, 0.15) is 114 Å². The zero-order valence-corrected chi connectivity index (χ0v) is 59.0. The quantitative estimate of drug-likeness (QED) is 0.0434. The van der Waals surface area contributed by atoms with Crippen molar-refractivity contribution in [3.05, 3.63) is 166 Å². The number of carbonyl (C=O) groups is 1. The van der Waals surface area contributed by atoms with Gasteiger partial charge in [-0.3, -0.25) is 9.69 Å². The second kappa shape index (κ2) is 39.4. The topological polar surface area (TPSA) is 324 Å². The number of rotatable bonds is 19. The molecule has 1 saturated carbocycles. The highest BCUT2D eigenvalue weighted by atomic mass is 16.5. The maximum atomic E-state index is 13.3. The van der Waals surface area contributed by atoms with Crippen LogP contribution < -0.4 is 70.1 Å². The zero-order valence-electron chi connectivity index (χ0n) is 59.0. The zero-order chi connectivity index (χ0) is 69.2. The van der Waals surface area contributed by atoms with Gasteiger partial charge in [0, 0.05) is 126 Å². The maximum Gasteiger partial charge on any atom is 0.184 e. The van der Waals surface area contributed by atoms with Crippen molar-refractivity contribution in [1.82, 2.24) is 35.0 Å². The fourth-order valence-electron chi connectivity index (χ4n) is 14.2. The highest BCUT2D eigenvalue weighted by Gasteiger charge is 2.31. The summed E-state index contributed by atoms with van der Waals surface area (Å²) in [5.41, 5.74) is 57.6. The molecule has 5 aliphatic carbocycles. The number of hydrogen-bond donors (Lipinski definition) is 9. The fourth-order valence-corrected chi connectivity index (χ4v) is 14.2. The van der Waals surface area contributed by atoms with Crippen molar-refractivity contribution in [3.63, 3.8) is 0 Å². The number of aryl methyl sites for hydroxylation is 4. The van der Waals surface area contributed by atoms with E-state index in [-0.39, 0.29) is 54.7 Å². The lowest BCUT2D eigenvalue weighted by molar-refractivity contribution is 0.0332. The number of likely N-dealkylation sites (tertiary alicyclic amines) is 3. The van der Waals surface area contributed by atoms with Crippen LogP contribution in [0.2, 0.25) is 0 Å². The second-order valence-electron chi connectivity index (χ2n) is 28.1. The Balaban J connectivity index is 0.000000164. The van der Waals surface area contributed by atoms with Crippen LogP contribution in [-0.2, 0) is 63.0 Å². The number of benzene rings is 5. The van der Waals surface area contributed by atoms with E-state index in [0.29, 0.717) is 24.4 Å². The van der Waals surface area contributed by atoms with E-state index in [1.54, 1.807) is 32.2 Å². The molecule has 0 amide bonds. The lowest BCUT2D eigenvalue weighted by Crippen LogP contribution is -2.51. The molecule has 1 unspecified atom stereocenters. The van der Waals surface area contributed by atoms with Crippen LogP contribution in [0.3, 0.4) is 0 Å². The summed E-state index contributed by atoms with van der Waals surface area (Å²) in [4.78, 5) is 20.5. The standard InChI is InChI=1S/C26H31N5O2.C16H26N2O.C15H24N2O.C14H23N3O2.C5H13N3/c27-21-12-24(28)26(13-21)33-16-22-14-31(30-29-22)15-25(32)23-11-19-6-5-17-1-3-18(4-2-17)7-9-20(23)10-8-19;1-3-19-16-6-4-14(5-7-16)8-9-18-11-13(2)10-15(17)12-18;1-12-8-14(16)11-17(10-12)7-6-13-4-3-5-15(9-13)18-2;1-18-13-4-3-10(5-14(13)19-2)7-17-8-11(15)6-12(16)9-17;6-4-1-5(7)3-8-2-4/h1-4,8,10-11,14,21,24,26H,5-7,9,12-13,15-16,27-28H2;4-7,13,15H,3,8-12,17H2,1-2H3;3-5,9,12,14H,6-8,10-11,16H2,1-2H3;3-5,11-12H,6-9,15-16H2,1-2H3;4-5,8H,1-3,6-7H2/t21-,24+,26?;13-,15+;12-,14+;11-,12+;4-,5+/m011../s1. The Bertz CT molecular complexity index is 3230. The fraction of sp³-hybridized carbons (Fsp3) is 0.566. The SMILES string of the molecule is CCOc1ccc(CCN2C[C@H](C)C[C@H](N)C2)cc1.COc1ccc(CN2C[C@H](N)C[C@H](N)C2)cc1OC.COc1cccc(CCN2C[C@H](C)C[C@H](N)C2)c1.N[C@@H]1CC(OCc2cn(CC(=O)c3cc4ccc3CCc3ccc(cc3)CC4)nn2)[C@H](N)C1.N[C@@H]1CNC[C@H](N)C1. The normalized spacial score (nSPS) is 25.0. The Hall–Kier alpha value is -6.41. The number of ketones is 1. The molecule has 5 heterocycles. The molecule has 4 saturated heterocycles. The summed E-state index contributed by atoms with van der Waals surface area (Å²) in [5.74, 6) is 4.90. The summed E-state index contributed by atoms with van der Waals surface area (Å²) >= 11 is 0. The van der Waals surface area contributed by atoms with E-state index in [1.807, 2.05) is 31.2 Å². The van der Waals surface area contributed by atoms with Gasteiger partial charge in [-0.15, -0.1) is 5.10 Å². The maximum absolute atomic E-state index is 13.3. The van der Waals surface area contributed by atoms with Gasteiger partial charge in [0.25, 0.3) is 0 Å². The third-order valence-electron chi connectivity index (χ3n) is 19.0. The van der Waals surface area contributed by atoms with Gasteiger partial charge >= 0.3 is 0 Å². The number of hydrogen-bond acceptors (Lipinski definition) is 20. The van der Waals surface area contributed by atoms with E-state index in [0.717, 1.165) is 182 Å². The summed E-state index contributed by atoms with van der Waals surface area (Å²) in [5, 5.41) is 11.5. The number of nitrogens with two attached hydrogens (primary N) is 8. The Morgan fingerprint density at radius 1 is 0.536 bits per heavy atom. The van der Waals surface area contributed by atoms with Crippen LogP contribution in [0.5, 0.6) is 23.0 Å². The summed E-state index contributed by atoms with van der Waals surface area (Å²) in [6.45, 7) is 18.9. The van der Waals surface area contributed by atoms with Crippen molar-refractivity contribution < 1.29 is 28.5 Å².